The lowest BCUT2D eigenvalue weighted by molar-refractivity contribution is -0.116. The van der Waals surface area contributed by atoms with Crippen LogP contribution in [0.4, 0.5) is 11.4 Å². The van der Waals surface area contributed by atoms with Crippen LogP contribution in [0.3, 0.4) is 0 Å². The number of amides is 1. The zero-order chi connectivity index (χ0) is 25.2. The Morgan fingerprint density at radius 1 is 0.972 bits per heavy atom. The number of para-hydroxylation sites is 1. The molecule has 1 aliphatic rings. The van der Waals surface area contributed by atoms with Crippen LogP contribution in [0.2, 0.25) is 5.02 Å². The summed E-state index contributed by atoms with van der Waals surface area (Å²) in [6, 6.07) is 28.0. The van der Waals surface area contributed by atoms with Gasteiger partial charge in [0.2, 0.25) is 0 Å². The average Bonchev–Trinajstić information content (AvgIpc) is 2.90. The van der Waals surface area contributed by atoms with Crippen molar-refractivity contribution in [3.63, 3.8) is 0 Å². The van der Waals surface area contributed by atoms with Gasteiger partial charge in [-0.15, -0.1) is 0 Å². The lowest BCUT2D eigenvalue weighted by atomic mass is 9.90. The van der Waals surface area contributed by atoms with E-state index < -0.39 is 18.1 Å². The highest BCUT2D eigenvalue weighted by molar-refractivity contribution is 6.30. The van der Waals surface area contributed by atoms with E-state index in [2.05, 4.69) is 5.32 Å². The van der Waals surface area contributed by atoms with Gasteiger partial charge in [-0.3, -0.25) is 4.79 Å². The normalized spacial score (nSPS) is 17.6. The smallest absolute Gasteiger partial charge is 0.260 e. The molecule has 1 amide bonds. The van der Waals surface area contributed by atoms with Crippen molar-refractivity contribution in [1.29, 1.82) is 0 Å². The van der Waals surface area contributed by atoms with Crippen molar-refractivity contribution in [3.05, 3.63) is 118 Å². The Bertz CT molecular complexity index is 1450. The molecule has 182 valence electrons. The molecule has 1 heterocycles. The number of anilines is 2. The largest absolute Gasteiger partial charge is 0.509 e. The van der Waals surface area contributed by atoms with Gasteiger partial charge in [0, 0.05) is 22.8 Å². The lowest BCUT2D eigenvalue weighted by Gasteiger charge is -2.34. The number of likely N-dealkylation sites (N-methyl/N-ethyl adjacent to an activating group) is 1. The number of rotatable bonds is 6. The van der Waals surface area contributed by atoms with Crippen LogP contribution >= 0.6 is 11.6 Å². The maximum Gasteiger partial charge on any atom is 0.260 e. The molecule has 36 heavy (non-hydrogen) atoms. The van der Waals surface area contributed by atoms with Crippen molar-refractivity contribution in [2.75, 3.05) is 16.8 Å². The van der Waals surface area contributed by atoms with Crippen molar-refractivity contribution in [1.82, 2.24) is 0 Å². The van der Waals surface area contributed by atoms with Gasteiger partial charge in [0.25, 0.3) is 5.91 Å². The molecular weight excluding hydrogens is 472 g/mol. The van der Waals surface area contributed by atoms with Crippen LogP contribution in [0, 0.1) is 0 Å². The summed E-state index contributed by atoms with van der Waals surface area (Å²) >= 11 is 6.08. The van der Waals surface area contributed by atoms with Crippen LogP contribution in [-0.2, 0) is 11.2 Å². The minimum atomic E-state index is -1.23. The molecule has 0 fully saturated rings. The molecule has 0 saturated carbocycles. The molecule has 4 aromatic rings. The highest BCUT2D eigenvalue weighted by atomic mass is 35.5. The summed E-state index contributed by atoms with van der Waals surface area (Å²) in [5, 5.41) is 29.0. The van der Waals surface area contributed by atoms with E-state index in [1.54, 1.807) is 23.1 Å². The van der Waals surface area contributed by atoms with Gasteiger partial charge in [0.1, 0.15) is 11.9 Å². The maximum absolute atomic E-state index is 13.5. The first kappa shape index (κ1) is 23.9. The molecule has 0 radical (unpaired) electrons. The molecule has 5 rings (SSSR count). The fourth-order valence-electron chi connectivity index (χ4n) is 4.80. The number of nitrogens with zero attached hydrogens (tertiary/aromatic N) is 1. The van der Waals surface area contributed by atoms with Gasteiger partial charge >= 0.3 is 0 Å². The Kier molecular flexibility index (Phi) is 6.68. The van der Waals surface area contributed by atoms with Crippen molar-refractivity contribution >= 4 is 39.7 Å². The molecule has 3 N–H and O–H groups in total. The van der Waals surface area contributed by atoms with E-state index >= 15 is 0 Å². The van der Waals surface area contributed by atoms with E-state index in [-0.39, 0.29) is 11.3 Å². The number of nitrogens with one attached hydrogen (secondary N) is 1. The first-order chi connectivity index (χ1) is 17.5. The predicted octanol–water partition coefficient (Wildman–Crippen LogP) is 6.43. The minimum absolute atomic E-state index is 0.0113. The number of hydrogen-bond acceptors (Lipinski definition) is 4. The molecule has 5 nitrogen and oxygen atoms in total. The monoisotopic (exact) mass is 498 g/mol. The van der Waals surface area contributed by atoms with Gasteiger partial charge in [-0.25, -0.2) is 0 Å². The Labute approximate surface area is 215 Å². The number of halogens is 1. The summed E-state index contributed by atoms with van der Waals surface area (Å²) in [5.74, 6) is -0.578. The van der Waals surface area contributed by atoms with Gasteiger partial charge < -0.3 is 20.4 Å². The molecular formula is C30H27ClN2O3. The van der Waals surface area contributed by atoms with Crippen LogP contribution in [0.1, 0.15) is 24.2 Å². The number of aliphatic hydroxyl groups excluding tert-OH is 2. The third kappa shape index (κ3) is 4.55. The first-order valence-corrected chi connectivity index (χ1v) is 12.4. The molecule has 4 aromatic carbocycles. The number of aliphatic hydroxyl groups is 2. The first-order valence-electron chi connectivity index (χ1n) is 12.0. The highest BCUT2D eigenvalue weighted by Crippen LogP contribution is 2.39. The van der Waals surface area contributed by atoms with Crippen molar-refractivity contribution in [2.45, 2.75) is 25.5 Å². The second kappa shape index (κ2) is 10.1. The quantitative estimate of drug-likeness (QED) is 0.211. The molecule has 0 spiro atoms. The summed E-state index contributed by atoms with van der Waals surface area (Å²) in [7, 11) is 0. The Morgan fingerprint density at radius 3 is 2.42 bits per heavy atom. The maximum atomic E-state index is 13.5. The SMILES string of the molecule is CCN1C(=O)C(=C(O)C(Cc2ccc(Cl)cc2)Nc2ccc3ccccc3c2)C(O)c2ccccc21. The van der Waals surface area contributed by atoms with Gasteiger partial charge in [-0.2, -0.15) is 0 Å². The van der Waals surface area contributed by atoms with Gasteiger partial charge in [-0.05, 0) is 60.0 Å². The molecule has 2 atom stereocenters. The molecule has 6 heteroatoms. The molecule has 0 bridgehead atoms. The van der Waals surface area contributed by atoms with E-state index in [1.165, 1.54) is 0 Å². The predicted molar refractivity (Wildman–Crippen MR) is 146 cm³/mol. The van der Waals surface area contributed by atoms with Crippen LogP contribution in [0.25, 0.3) is 10.8 Å². The van der Waals surface area contributed by atoms with E-state index in [9.17, 15) is 15.0 Å². The molecule has 0 saturated heterocycles. The number of hydrogen-bond donors (Lipinski definition) is 3. The Balaban J connectivity index is 1.58. The van der Waals surface area contributed by atoms with E-state index in [0.717, 1.165) is 22.0 Å². The summed E-state index contributed by atoms with van der Waals surface area (Å²) in [6.45, 7) is 2.29. The molecule has 0 aliphatic carbocycles. The van der Waals surface area contributed by atoms with E-state index in [1.807, 2.05) is 79.7 Å². The number of carbonyl (C=O) groups is 1. The topological polar surface area (TPSA) is 72.8 Å². The molecule has 0 aromatic heterocycles. The van der Waals surface area contributed by atoms with E-state index in [0.29, 0.717) is 29.2 Å². The van der Waals surface area contributed by atoms with Crippen LogP contribution in [0.5, 0.6) is 0 Å². The van der Waals surface area contributed by atoms with E-state index in [4.69, 9.17) is 11.6 Å². The highest BCUT2D eigenvalue weighted by Gasteiger charge is 2.38. The summed E-state index contributed by atoms with van der Waals surface area (Å²) in [5.41, 5.74) is 2.96. The minimum Gasteiger partial charge on any atom is -0.509 e. The Hall–Kier alpha value is -3.80. The second-order valence-electron chi connectivity index (χ2n) is 8.90. The summed E-state index contributed by atoms with van der Waals surface area (Å²) < 4.78 is 0. The zero-order valence-corrected chi connectivity index (χ0v) is 20.6. The van der Waals surface area contributed by atoms with Gasteiger partial charge in [0.15, 0.2) is 0 Å². The zero-order valence-electron chi connectivity index (χ0n) is 19.9. The van der Waals surface area contributed by atoms with Crippen molar-refractivity contribution in [3.8, 4) is 0 Å². The molecule has 1 aliphatic heterocycles. The average molecular weight is 499 g/mol. The third-order valence-corrected chi connectivity index (χ3v) is 6.89. The number of fused-ring (bicyclic) bond motifs is 2. The Morgan fingerprint density at radius 2 is 1.67 bits per heavy atom. The fraction of sp³-hybridized carbons (Fsp3) is 0.167. The van der Waals surface area contributed by atoms with Crippen LogP contribution in [-0.4, -0.2) is 28.7 Å². The van der Waals surface area contributed by atoms with Crippen molar-refractivity contribution < 1.29 is 15.0 Å². The van der Waals surface area contributed by atoms with Gasteiger partial charge in [-0.1, -0.05) is 72.3 Å². The second-order valence-corrected chi connectivity index (χ2v) is 9.34. The fourth-order valence-corrected chi connectivity index (χ4v) is 4.92. The van der Waals surface area contributed by atoms with Gasteiger partial charge in [0.05, 0.1) is 17.3 Å². The third-order valence-electron chi connectivity index (χ3n) is 6.64. The van der Waals surface area contributed by atoms with Crippen LogP contribution < -0.4 is 10.2 Å². The van der Waals surface area contributed by atoms with Crippen molar-refractivity contribution in [2.24, 2.45) is 0 Å². The van der Waals surface area contributed by atoms with Crippen LogP contribution in [0.15, 0.2) is 102 Å². The standard InChI is InChI=1S/C30H27ClN2O3/c1-2-33-26-10-6-5-9-24(26)28(34)27(30(33)36)29(35)25(17-19-11-14-22(31)15-12-19)32-23-16-13-20-7-3-4-8-21(20)18-23/h3-16,18,25,28,32,34-35H,2,17H2,1H3. The lowest BCUT2D eigenvalue weighted by Crippen LogP contribution is -2.41. The summed E-state index contributed by atoms with van der Waals surface area (Å²) in [4.78, 5) is 15.1. The molecule has 2 unspecified atom stereocenters. The number of carbonyl (C=O) groups excluding carboxylic acids is 1. The number of benzene rings is 4. The summed E-state index contributed by atoms with van der Waals surface area (Å²) in [6.07, 6.45) is -0.852.